The number of carbonyl (C=O) groups excluding carboxylic acids is 1. The van der Waals surface area contributed by atoms with Crippen LogP contribution in [0.3, 0.4) is 0 Å². The quantitative estimate of drug-likeness (QED) is 0.447. The van der Waals surface area contributed by atoms with Crippen LogP contribution in [-0.2, 0) is 9.53 Å². The molecule has 0 aliphatic heterocycles. The van der Waals surface area contributed by atoms with E-state index in [4.69, 9.17) is 20.1 Å². The molecule has 0 aromatic rings. The number of aliphatic hydroxyl groups is 3. The summed E-state index contributed by atoms with van der Waals surface area (Å²) >= 11 is 0. The Morgan fingerprint density at radius 1 is 1.31 bits per heavy atom. The molecule has 3 N–H and O–H groups in total. The van der Waals surface area contributed by atoms with E-state index < -0.39 is 18.0 Å². The Morgan fingerprint density at radius 3 is 2.25 bits per heavy atom. The number of hydrogen-bond donors (Lipinski definition) is 3. The van der Waals surface area contributed by atoms with Gasteiger partial charge in [0.25, 0.3) is 0 Å². The molecule has 0 saturated carbocycles. The molecule has 96 valence electrons. The van der Waals surface area contributed by atoms with E-state index in [1.165, 1.54) is 0 Å². The third-order valence-electron chi connectivity index (χ3n) is 2.45. The number of rotatable bonds is 7. The first-order valence-corrected chi connectivity index (χ1v) is 5.70. The molecule has 0 rings (SSSR count). The molecule has 2 unspecified atom stereocenters. The van der Waals surface area contributed by atoms with Crippen molar-refractivity contribution in [2.45, 2.75) is 58.5 Å². The lowest BCUT2D eigenvalue weighted by molar-refractivity contribution is -0.356. The van der Waals surface area contributed by atoms with Crippen LogP contribution in [0.1, 0.15) is 46.5 Å². The van der Waals surface area contributed by atoms with E-state index in [2.05, 4.69) is 0 Å². The third-order valence-corrected chi connectivity index (χ3v) is 2.45. The van der Waals surface area contributed by atoms with Gasteiger partial charge < -0.3 is 20.1 Å². The summed E-state index contributed by atoms with van der Waals surface area (Å²) in [6, 6.07) is 0. The zero-order valence-corrected chi connectivity index (χ0v) is 10.1. The molecule has 0 radical (unpaired) electrons. The van der Waals surface area contributed by atoms with E-state index in [1.54, 1.807) is 13.8 Å². The number of ether oxygens (including phenoxy) is 1. The van der Waals surface area contributed by atoms with Gasteiger partial charge in [-0.05, 0) is 12.8 Å². The minimum absolute atomic E-state index is 0.135. The van der Waals surface area contributed by atoms with E-state index >= 15 is 0 Å². The Balaban J connectivity index is 4.20. The Hall–Kier alpha value is -0.650. The van der Waals surface area contributed by atoms with E-state index in [1.807, 2.05) is 6.92 Å². The van der Waals surface area contributed by atoms with Crippen molar-refractivity contribution in [3.05, 3.63) is 0 Å². The van der Waals surface area contributed by atoms with Crippen LogP contribution >= 0.6 is 0 Å². The fourth-order valence-corrected chi connectivity index (χ4v) is 1.32. The highest BCUT2D eigenvalue weighted by molar-refractivity contribution is 5.72. The Bertz CT molecular complexity index is 209. The molecule has 0 aliphatic carbocycles. The van der Waals surface area contributed by atoms with Crippen molar-refractivity contribution in [3.63, 3.8) is 0 Å². The lowest BCUT2D eigenvalue weighted by Gasteiger charge is -2.25. The summed E-state index contributed by atoms with van der Waals surface area (Å²) in [6.07, 6.45) is 1.43. The summed E-state index contributed by atoms with van der Waals surface area (Å²) in [6.45, 7) is 5.33. The molecule has 0 aliphatic rings. The maximum Gasteiger partial charge on any atom is 0.314 e. The molecule has 0 fully saturated rings. The zero-order chi connectivity index (χ0) is 12.8. The predicted octanol–water partition coefficient (Wildman–Crippen LogP) is 0.765. The molecule has 5 nitrogen and oxygen atoms in total. The van der Waals surface area contributed by atoms with Crippen LogP contribution in [-0.4, -0.2) is 33.4 Å². The molecule has 5 heteroatoms. The van der Waals surface area contributed by atoms with Crippen LogP contribution in [0.25, 0.3) is 0 Å². The molecule has 0 heterocycles. The van der Waals surface area contributed by atoms with Gasteiger partial charge in [0.15, 0.2) is 6.10 Å². The highest BCUT2D eigenvalue weighted by atomic mass is 16.7. The first-order chi connectivity index (χ1) is 7.32. The lowest BCUT2D eigenvalue weighted by Crippen LogP contribution is -2.45. The molecule has 0 saturated heterocycles. The van der Waals surface area contributed by atoms with Crippen molar-refractivity contribution in [3.8, 4) is 0 Å². The lowest BCUT2D eigenvalue weighted by atomic mass is 10.0. The molecule has 0 aromatic heterocycles. The molecule has 0 bridgehead atoms. The summed E-state index contributed by atoms with van der Waals surface area (Å²) < 4.78 is 4.83. The zero-order valence-electron chi connectivity index (χ0n) is 10.1. The maximum atomic E-state index is 11.5. The molecule has 16 heavy (non-hydrogen) atoms. The minimum atomic E-state index is -2.96. The molecular weight excluding hydrogens is 212 g/mol. The van der Waals surface area contributed by atoms with Crippen molar-refractivity contribution in [2.24, 2.45) is 5.92 Å². The standard InChI is InChI=1S/C11H22O5/c1-4-6-7-8(3)10(12)16-9(5-2)11(13,14)15/h8-9,13-15H,4-7H2,1-3H3. The van der Waals surface area contributed by atoms with Gasteiger partial charge >= 0.3 is 11.9 Å². The average Bonchev–Trinajstić information content (AvgIpc) is 2.20. The summed E-state index contributed by atoms with van der Waals surface area (Å²) in [5.74, 6) is -3.77. The van der Waals surface area contributed by atoms with Crippen molar-refractivity contribution in [1.82, 2.24) is 0 Å². The van der Waals surface area contributed by atoms with E-state index in [0.717, 1.165) is 12.8 Å². The van der Waals surface area contributed by atoms with Gasteiger partial charge in [-0.15, -0.1) is 0 Å². The van der Waals surface area contributed by atoms with Crippen LogP contribution in [0.2, 0.25) is 0 Å². The summed E-state index contributed by atoms with van der Waals surface area (Å²) in [5.41, 5.74) is 0. The van der Waals surface area contributed by atoms with Crippen LogP contribution < -0.4 is 0 Å². The maximum absolute atomic E-state index is 11.5. The van der Waals surface area contributed by atoms with Crippen molar-refractivity contribution >= 4 is 5.97 Å². The Labute approximate surface area is 96.0 Å². The van der Waals surface area contributed by atoms with Crippen LogP contribution in [0.4, 0.5) is 0 Å². The van der Waals surface area contributed by atoms with Gasteiger partial charge in [0, 0.05) is 0 Å². The van der Waals surface area contributed by atoms with Gasteiger partial charge in [0.2, 0.25) is 0 Å². The molecule has 0 amide bonds. The number of hydrogen-bond acceptors (Lipinski definition) is 5. The summed E-state index contributed by atoms with van der Waals surface area (Å²) in [4.78, 5) is 11.5. The van der Waals surface area contributed by atoms with Crippen molar-refractivity contribution in [2.75, 3.05) is 0 Å². The number of unbranched alkanes of at least 4 members (excludes halogenated alkanes) is 1. The molecule has 0 spiro atoms. The van der Waals surface area contributed by atoms with E-state index in [-0.39, 0.29) is 12.3 Å². The van der Waals surface area contributed by atoms with Gasteiger partial charge in [-0.1, -0.05) is 33.6 Å². The second kappa shape index (κ2) is 6.83. The second-order valence-electron chi connectivity index (χ2n) is 4.06. The van der Waals surface area contributed by atoms with Gasteiger partial charge in [0.1, 0.15) is 0 Å². The van der Waals surface area contributed by atoms with Crippen molar-refractivity contribution in [1.29, 1.82) is 0 Å². The second-order valence-corrected chi connectivity index (χ2v) is 4.06. The molecular formula is C11H22O5. The molecule has 2 atom stereocenters. The smallest absolute Gasteiger partial charge is 0.314 e. The fourth-order valence-electron chi connectivity index (χ4n) is 1.32. The first kappa shape index (κ1) is 15.3. The number of esters is 1. The Morgan fingerprint density at radius 2 is 1.88 bits per heavy atom. The summed E-state index contributed by atoms with van der Waals surface area (Å²) in [5, 5.41) is 26.8. The first-order valence-electron chi connectivity index (χ1n) is 5.70. The van der Waals surface area contributed by atoms with Crippen LogP contribution in [0.15, 0.2) is 0 Å². The van der Waals surface area contributed by atoms with Gasteiger partial charge in [-0.3, -0.25) is 4.79 Å². The fraction of sp³-hybridized carbons (Fsp3) is 0.909. The normalized spacial score (nSPS) is 15.6. The van der Waals surface area contributed by atoms with E-state index in [9.17, 15) is 4.79 Å². The van der Waals surface area contributed by atoms with Crippen LogP contribution in [0, 0.1) is 5.92 Å². The molecule has 0 aromatic carbocycles. The van der Waals surface area contributed by atoms with Crippen LogP contribution in [0.5, 0.6) is 0 Å². The van der Waals surface area contributed by atoms with E-state index in [0.29, 0.717) is 6.42 Å². The summed E-state index contributed by atoms with van der Waals surface area (Å²) in [7, 11) is 0. The van der Waals surface area contributed by atoms with Gasteiger partial charge in [-0.2, -0.15) is 0 Å². The predicted molar refractivity (Wildman–Crippen MR) is 58.2 cm³/mol. The van der Waals surface area contributed by atoms with Crippen molar-refractivity contribution < 1.29 is 24.9 Å². The topological polar surface area (TPSA) is 87.0 Å². The van der Waals surface area contributed by atoms with Gasteiger partial charge in [0.05, 0.1) is 5.92 Å². The van der Waals surface area contributed by atoms with Gasteiger partial charge in [-0.25, -0.2) is 0 Å². The monoisotopic (exact) mass is 234 g/mol. The highest BCUT2D eigenvalue weighted by Crippen LogP contribution is 2.16. The largest absolute Gasteiger partial charge is 0.454 e. The third kappa shape index (κ3) is 5.44. The average molecular weight is 234 g/mol. The Kier molecular flexibility index (Phi) is 6.55. The number of carbonyl (C=O) groups is 1. The highest BCUT2D eigenvalue weighted by Gasteiger charge is 2.35. The SMILES string of the molecule is CCCCC(C)C(=O)OC(CC)C(O)(O)O. The minimum Gasteiger partial charge on any atom is -0.454 e.